The highest BCUT2D eigenvalue weighted by Crippen LogP contribution is 2.46. The molecule has 10 atom stereocenters. The van der Waals surface area contributed by atoms with Gasteiger partial charge in [-0.3, -0.25) is 9.59 Å². The molecule has 2 aromatic rings. The van der Waals surface area contributed by atoms with Gasteiger partial charge in [0.15, 0.2) is 35.7 Å². The van der Waals surface area contributed by atoms with Gasteiger partial charge in [-0.05, 0) is 143 Å². The molecule has 6 saturated heterocycles. The number of hydrogen-bond donors (Lipinski definition) is 0. The maximum absolute atomic E-state index is 12.7. The molecule has 0 radical (unpaired) electrons. The number of fused-ring (bicyclic) bond motifs is 6. The van der Waals surface area contributed by atoms with E-state index in [1.807, 2.05) is 55.4 Å². The topological polar surface area (TPSA) is 229 Å². The average molecular weight is 1040 g/mol. The van der Waals surface area contributed by atoms with E-state index in [1.54, 1.807) is 51.3 Å². The van der Waals surface area contributed by atoms with Gasteiger partial charge in [0, 0.05) is 0 Å². The maximum atomic E-state index is 12.7. The molecule has 8 rings (SSSR count). The number of ether oxygens (including phenoxy) is 12. The van der Waals surface area contributed by atoms with Crippen LogP contribution in [0.4, 0.5) is 11.9 Å². The molecule has 22 nitrogen and oxygen atoms in total. The van der Waals surface area contributed by atoms with Gasteiger partial charge in [-0.2, -0.15) is 29.9 Å². The molecule has 6 aliphatic rings. The Balaban J connectivity index is 0.000000201. The fourth-order valence-corrected chi connectivity index (χ4v) is 9.23. The fraction of sp³-hybridized carbons (Fsp3) is 0.810. The van der Waals surface area contributed by atoms with Crippen molar-refractivity contribution in [2.24, 2.45) is 0 Å². The largest absolute Gasteiger partial charge is 0.459 e. The highest BCUT2D eigenvalue weighted by Gasteiger charge is 2.62. The van der Waals surface area contributed by atoms with Crippen molar-refractivity contribution in [2.75, 3.05) is 36.0 Å². The molecule has 0 N–H and O–H groups in total. The minimum absolute atomic E-state index is 0.0974. The van der Waals surface area contributed by atoms with E-state index in [0.29, 0.717) is 0 Å². The lowest BCUT2D eigenvalue weighted by molar-refractivity contribution is -0.231. The van der Waals surface area contributed by atoms with Crippen LogP contribution in [0.3, 0.4) is 0 Å². The molecule has 0 aliphatic carbocycles. The molecular formula is C42H60Cl4N8O14. The third-order valence-corrected chi connectivity index (χ3v) is 11.2. The van der Waals surface area contributed by atoms with Crippen LogP contribution in [0.5, 0.6) is 0 Å². The highest BCUT2D eigenvalue weighted by atomic mass is 35.5. The Morgan fingerprint density at radius 3 is 1.06 bits per heavy atom. The van der Waals surface area contributed by atoms with Crippen molar-refractivity contribution < 1.29 is 66.4 Å². The van der Waals surface area contributed by atoms with Crippen molar-refractivity contribution in [3.05, 3.63) is 21.1 Å². The molecule has 6 aliphatic heterocycles. The summed E-state index contributed by atoms with van der Waals surface area (Å²) in [5.74, 6) is -4.21. The van der Waals surface area contributed by atoms with Crippen LogP contribution in [0.25, 0.3) is 0 Å². The van der Waals surface area contributed by atoms with E-state index >= 15 is 0 Å². The minimum Gasteiger partial charge on any atom is -0.459 e. The third kappa shape index (κ3) is 13.4. The van der Waals surface area contributed by atoms with E-state index in [-0.39, 0.29) is 59.2 Å². The summed E-state index contributed by atoms with van der Waals surface area (Å²) < 4.78 is 72.2. The van der Waals surface area contributed by atoms with Gasteiger partial charge >= 0.3 is 11.9 Å². The van der Waals surface area contributed by atoms with Gasteiger partial charge in [-0.25, -0.2) is 0 Å². The van der Waals surface area contributed by atoms with Crippen LogP contribution in [-0.4, -0.2) is 164 Å². The lowest BCUT2D eigenvalue weighted by Crippen LogP contribution is -2.58. The SMILES string of the molecule is CC(C)(C)OC(=O)CN(C[C@H]1O[C@@H]2OC(C)(C)O[C@@H]2[C@H]2OC(C)(C)O[C@H]21)c1nc(Cl)nc(Cl)n1.CC(C)(C)OC(=O)CN(C[C@H]1O[C@@H]2OC(C)(C)O[C@@H]2[C@H]2OC(C)(C)O[C@H]21)c1nc(Cl)nc(Cl)n1. The molecule has 8 heterocycles. The van der Waals surface area contributed by atoms with E-state index in [4.69, 9.17) is 103 Å². The Hall–Kier alpha value is -2.68. The van der Waals surface area contributed by atoms with Crippen molar-refractivity contribution in [1.29, 1.82) is 0 Å². The number of anilines is 2. The normalized spacial score (nSPS) is 31.6. The second-order valence-electron chi connectivity index (χ2n) is 20.7. The van der Waals surface area contributed by atoms with E-state index in [2.05, 4.69) is 29.9 Å². The summed E-state index contributed by atoms with van der Waals surface area (Å²) in [6.07, 6.45) is -5.43. The summed E-state index contributed by atoms with van der Waals surface area (Å²) in [6.45, 7) is 25.1. The molecule has 0 amide bonds. The van der Waals surface area contributed by atoms with Crippen molar-refractivity contribution in [2.45, 2.75) is 193 Å². The monoisotopic (exact) mass is 1040 g/mol. The molecule has 0 unspecified atom stereocenters. The first kappa shape index (κ1) is 53.1. The average Bonchev–Trinajstić information content (AvgIpc) is 3.85. The van der Waals surface area contributed by atoms with Gasteiger partial charge in [0.1, 0.15) is 73.1 Å². The molecule has 0 aromatic carbocycles. The first-order valence-electron chi connectivity index (χ1n) is 22.0. The van der Waals surface area contributed by atoms with Gasteiger partial charge in [0.25, 0.3) is 0 Å². The van der Waals surface area contributed by atoms with Gasteiger partial charge in [0.2, 0.25) is 33.0 Å². The van der Waals surface area contributed by atoms with Crippen LogP contribution in [0, 0.1) is 0 Å². The zero-order chi connectivity index (χ0) is 50.1. The first-order valence-corrected chi connectivity index (χ1v) is 23.5. The van der Waals surface area contributed by atoms with E-state index in [0.717, 1.165) is 0 Å². The van der Waals surface area contributed by atoms with Gasteiger partial charge in [-0.1, -0.05) is 0 Å². The minimum atomic E-state index is -0.863. The summed E-state index contributed by atoms with van der Waals surface area (Å²) >= 11 is 24.0. The summed E-state index contributed by atoms with van der Waals surface area (Å²) in [5, 5.41) is -0.435. The molecule has 68 heavy (non-hydrogen) atoms. The van der Waals surface area contributed by atoms with Gasteiger partial charge < -0.3 is 66.6 Å². The van der Waals surface area contributed by atoms with E-state index < -0.39 is 108 Å². The Morgan fingerprint density at radius 2 is 0.750 bits per heavy atom. The number of esters is 2. The molecule has 6 fully saturated rings. The maximum Gasteiger partial charge on any atom is 0.326 e. The Bertz CT molecular complexity index is 1990. The zero-order valence-electron chi connectivity index (χ0n) is 40.4. The quantitative estimate of drug-likeness (QED) is 0.270. The van der Waals surface area contributed by atoms with Crippen molar-refractivity contribution in [3.8, 4) is 0 Å². The van der Waals surface area contributed by atoms with E-state index in [1.165, 1.54) is 0 Å². The van der Waals surface area contributed by atoms with Crippen LogP contribution < -0.4 is 9.80 Å². The molecule has 380 valence electrons. The van der Waals surface area contributed by atoms with Gasteiger partial charge in [-0.15, -0.1) is 0 Å². The fourth-order valence-electron chi connectivity index (χ4n) is 8.52. The van der Waals surface area contributed by atoms with Crippen molar-refractivity contribution >= 4 is 70.2 Å². The summed E-state index contributed by atoms with van der Waals surface area (Å²) in [6, 6.07) is 0. The van der Waals surface area contributed by atoms with Crippen LogP contribution in [0.1, 0.15) is 96.9 Å². The van der Waals surface area contributed by atoms with Crippen LogP contribution in [0.2, 0.25) is 21.1 Å². The van der Waals surface area contributed by atoms with Crippen LogP contribution >= 0.6 is 46.4 Å². The number of hydrogen-bond acceptors (Lipinski definition) is 22. The number of aromatic nitrogens is 6. The molecule has 26 heteroatoms. The smallest absolute Gasteiger partial charge is 0.326 e. The van der Waals surface area contributed by atoms with Crippen LogP contribution in [-0.2, 0) is 66.4 Å². The lowest BCUT2D eigenvalue weighted by Gasteiger charge is -2.39. The van der Waals surface area contributed by atoms with Crippen LogP contribution in [0.15, 0.2) is 0 Å². The lowest BCUT2D eigenvalue weighted by atomic mass is 9.98. The zero-order valence-corrected chi connectivity index (χ0v) is 43.4. The summed E-state index contributed by atoms with van der Waals surface area (Å²) in [4.78, 5) is 52.7. The second kappa shape index (κ2) is 19.4. The summed E-state index contributed by atoms with van der Waals surface area (Å²) in [5.41, 5.74) is -1.35. The standard InChI is InChI=1S/2C21H30Cl2N4O7/c2*1-19(2,3)30-11(28)9-27(18-25-16(22)24-17(23)26-18)8-10-12-13(32-20(4,5)31-12)14-15(29-10)34-21(6,7)33-14/h2*10,12-15H,8-9H2,1-7H3/t2*10-,12+,13+,14-,15-/m11/s1. The Kier molecular flexibility index (Phi) is 15.2. The molecular weight excluding hydrogens is 982 g/mol. The number of rotatable bonds is 10. The number of carbonyl (C=O) groups is 2. The Morgan fingerprint density at radius 1 is 0.471 bits per heavy atom. The molecule has 0 saturated carbocycles. The third-order valence-electron chi connectivity index (χ3n) is 10.5. The molecule has 0 bridgehead atoms. The molecule has 2 aromatic heterocycles. The Labute approximate surface area is 414 Å². The second-order valence-corrected chi connectivity index (χ2v) is 22.0. The number of carbonyl (C=O) groups excluding carboxylic acids is 2. The van der Waals surface area contributed by atoms with E-state index in [9.17, 15) is 9.59 Å². The number of nitrogens with zero attached hydrogens (tertiary/aromatic N) is 8. The van der Waals surface area contributed by atoms with Gasteiger partial charge in [0.05, 0.1) is 13.1 Å². The molecule has 0 spiro atoms. The predicted octanol–water partition coefficient (Wildman–Crippen LogP) is 5.45. The summed E-state index contributed by atoms with van der Waals surface area (Å²) in [7, 11) is 0. The van der Waals surface area contributed by atoms with Crippen molar-refractivity contribution in [3.63, 3.8) is 0 Å². The highest BCUT2D eigenvalue weighted by molar-refractivity contribution is 6.31. The number of halogens is 4. The predicted molar refractivity (Wildman–Crippen MR) is 241 cm³/mol. The first-order chi connectivity index (χ1) is 31.2. The van der Waals surface area contributed by atoms with Crippen molar-refractivity contribution in [1.82, 2.24) is 29.9 Å².